The third-order valence-corrected chi connectivity index (χ3v) is 3.80. The van der Waals surface area contributed by atoms with Crippen molar-refractivity contribution in [3.8, 4) is 0 Å². The summed E-state index contributed by atoms with van der Waals surface area (Å²) in [5.74, 6) is 2.69. The molecule has 17 heavy (non-hydrogen) atoms. The largest absolute Gasteiger partial charge is 0.355 e. The number of imidazole rings is 1. The zero-order chi connectivity index (χ0) is 11.8. The first kappa shape index (κ1) is 10.6. The van der Waals surface area contributed by atoms with Crippen LogP contribution in [0.2, 0.25) is 0 Å². The predicted octanol–water partition coefficient (Wildman–Crippen LogP) is 3.03. The Morgan fingerprint density at radius 3 is 2.88 bits per heavy atom. The summed E-state index contributed by atoms with van der Waals surface area (Å²) in [5, 5.41) is 3.48. The molecule has 1 aromatic heterocycles. The number of aryl methyl sites for hydroxylation is 1. The van der Waals surface area contributed by atoms with Crippen LogP contribution in [-0.2, 0) is 7.05 Å². The standard InChI is InChI=1S/C14H19N3/c1-10(11-7-8-11)9-15-14-16-12-5-3-4-6-13(12)17(14)2/h3-6,10-11H,7-9H2,1-2H3,(H,15,16). The lowest BCUT2D eigenvalue weighted by atomic mass is 10.1. The molecule has 90 valence electrons. The first-order chi connectivity index (χ1) is 8.25. The van der Waals surface area contributed by atoms with E-state index in [0.29, 0.717) is 0 Å². The van der Waals surface area contributed by atoms with E-state index in [1.807, 2.05) is 6.07 Å². The maximum Gasteiger partial charge on any atom is 0.203 e. The van der Waals surface area contributed by atoms with Crippen LogP contribution in [0.4, 0.5) is 5.95 Å². The highest BCUT2D eigenvalue weighted by Gasteiger charge is 2.27. The molecule has 1 saturated carbocycles. The van der Waals surface area contributed by atoms with Gasteiger partial charge in [-0.1, -0.05) is 19.1 Å². The molecular formula is C14H19N3. The topological polar surface area (TPSA) is 29.9 Å². The maximum absolute atomic E-state index is 4.62. The molecule has 1 N–H and O–H groups in total. The van der Waals surface area contributed by atoms with Gasteiger partial charge in [0.15, 0.2) is 0 Å². The van der Waals surface area contributed by atoms with Crippen LogP contribution in [0.25, 0.3) is 11.0 Å². The van der Waals surface area contributed by atoms with Crippen LogP contribution in [-0.4, -0.2) is 16.1 Å². The summed E-state index contributed by atoms with van der Waals surface area (Å²) in [7, 11) is 2.07. The Bertz CT molecular complexity index is 525. The van der Waals surface area contributed by atoms with E-state index in [2.05, 4.69) is 47.0 Å². The zero-order valence-corrected chi connectivity index (χ0v) is 10.5. The molecule has 3 rings (SSSR count). The molecule has 0 saturated heterocycles. The van der Waals surface area contributed by atoms with E-state index in [0.717, 1.165) is 29.8 Å². The molecule has 1 unspecified atom stereocenters. The van der Waals surface area contributed by atoms with Crippen LogP contribution in [0.3, 0.4) is 0 Å². The van der Waals surface area contributed by atoms with E-state index in [1.54, 1.807) is 0 Å². The molecule has 1 aromatic carbocycles. The van der Waals surface area contributed by atoms with E-state index in [9.17, 15) is 0 Å². The van der Waals surface area contributed by atoms with Crippen molar-refractivity contribution in [3.63, 3.8) is 0 Å². The number of anilines is 1. The number of hydrogen-bond acceptors (Lipinski definition) is 2. The number of nitrogens with one attached hydrogen (secondary N) is 1. The molecule has 0 amide bonds. The monoisotopic (exact) mass is 229 g/mol. The van der Waals surface area contributed by atoms with Crippen LogP contribution in [0.5, 0.6) is 0 Å². The van der Waals surface area contributed by atoms with Gasteiger partial charge in [-0.15, -0.1) is 0 Å². The molecule has 1 aliphatic rings. The highest BCUT2D eigenvalue weighted by atomic mass is 15.2. The van der Waals surface area contributed by atoms with Gasteiger partial charge in [0, 0.05) is 13.6 Å². The summed E-state index contributed by atoms with van der Waals surface area (Å²) in [6, 6.07) is 8.26. The number of aromatic nitrogens is 2. The molecule has 1 heterocycles. The first-order valence-corrected chi connectivity index (χ1v) is 6.41. The molecule has 1 atom stereocenters. The van der Waals surface area contributed by atoms with Crippen molar-refractivity contribution >= 4 is 17.0 Å². The molecule has 0 spiro atoms. The summed E-state index contributed by atoms with van der Waals surface area (Å²) in [6.45, 7) is 3.36. The normalized spacial score (nSPS) is 17.3. The van der Waals surface area contributed by atoms with Gasteiger partial charge in [-0.3, -0.25) is 0 Å². The lowest BCUT2D eigenvalue weighted by Crippen LogP contribution is -2.15. The van der Waals surface area contributed by atoms with E-state index in [1.165, 1.54) is 18.4 Å². The van der Waals surface area contributed by atoms with E-state index in [-0.39, 0.29) is 0 Å². The van der Waals surface area contributed by atoms with Crippen molar-refractivity contribution in [2.45, 2.75) is 19.8 Å². The van der Waals surface area contributed by atoms with Gasteiger partial charge in [-0.05, 0) is 36.8 Å². The molecule has 1 fully saturated rings. The third-order valence-electron chi connectivity index (χ3n) is 3.80. The fourth-order valence-corrected chi connectivity index (χ4v) is 2.39. The van der Waals surface area contributed by atoms with Gasteiger partial charge in [-0.25, -0.2) is 4.98 Å². The van der Waals surface area contributed by atoms with Crippen molar-refractivity contribution in [1.82, 2.24) is 9.55 Å². The fraction of sp³-hybridized carbons (Fsp3) is 0.500. The average molecular weight is 229 g/mol. The van der Waals surface area contributed by atoms with Gasteiger partial charge in [0.25, 0.3) is 0 Å². The quantitative estimate of drug-likeness (QED) is 0.873. The molecule has 1 aliphatic carbocycles. The summed E-state index contributed by atoms with van der Waals surface area (Å²) in [5.41, 5.74) is 2.26. The lowest BCUT2D eigenvalue weighted by Gasteiger charge is -2.11. The zero-order valence-electron chi connectivity index (χ0n) is 10.5. The maximum atomic E-state index is 4.62. The predicted molar refractivity (Wildman–Crippen MR) is 71.1 cm³/mol. The molecule has 2 aromatic rings. The minimum atomic E-state index is 0.759. The number of benzene rings is 1. The smallest absolute Gasteiger partial charge is 0.203 e. The Morgan fingerprint density at radius 1 is 1.41 bits per heavy atom. The number of para-hydroxylation sites is 2. The Hall–Kier alpha value is -1.51. The second kappa shape index (κ2) is 4.06. The average Bonchev–Trinajstić information content (AvgIpc) is 3.14. The van der Waals surface area contributed by atoms with E-state index < -0.39 is 0 Å². The number of fused-ring (bicyclic) bond motifs is 1. The van der Waals surface area contributed by atoms with Crippen molar-refractivity contribution in [2.75, 3.05) is 11.9 Å². The molecule has 0 aliphatic heterocycles. The van der Waals surface area contributed by atoms with Crippen LogP contribution < -0.4 is 5.32 Å². The van der Waals surface area contributed by atoms with Crippen LogP contribution in [0.1, 0.15) is 19.8 Å². The van der Waals surface area contributed by atoms with E-state index in [4.69, 9.17) is 0 Å². The molecule has 3 nitrogen and oxygen atoms in total. The number of rotatable bonds is 4. The summed E-state index contributed by atoms with van der Waals surface area (Å²) in [4.78, 5) is 4.62. The Labute approximate surface area is 102 Å². The van der Waals surface area contributed by atoms with Gasteiger partial charge in [0.2, 0.25) is 5.95 Å². The summed E-state index contributed by atoms with van der Waals surface area (Å²) in [6.07, 6.45) is 2.82. The Kier molecular flexibility index (Phi) is 2.54. The van der Waals surface area contributed by atoms with Crippen LogP contribution in [0, 0.1) is 11.8 Å². The molecule has 0 bridgehead atoms. The van der Waals surface area contributed by atoms with Crippen LogP contribution in [0.15, 0.2) is 24.3 Å². The van der Waals surface area contributed by atoms with Crippen molar-refractivity contribution in [3.05, 3.63) is 24.3 Å². The third kappa shape index (κ3) is 2.02. The summed E-state index contributed by atoms with van der Waals surface area (Å²) < 4.78 is 2.13. The van der Waals surface area contributed by atoms with Crippen molar-refractivity contribution < 1.29 is 0 Å². The molecular weight excluding hydrogens is 210 g/mol. The number of hydrogen-bond donors (Lipinski definition) is 1. The second-order valence-corrected chi connectivity index (χ2v) is 5.18. The summed E-state index contributed by atoms with van der Waals surface area (Å²) >= 11 is 0. The first-order valence-electron chi connectivity index (χ1n) is 6.41. The van der Waals surface area contributed by atoms with Crippen molar-refractivity contribution in [2.24, 2.45) is 18.9 Å². The van der Waals surface area contributed by atoms with Gasteiger partial charge in [0.05, 0.1) is 11.0 Å². The Balaban J connectivity index is 1.77. The van der Waals surface area contributed by atoms with Gasteiger partial charge in [-0.2, -0.15) is 0 Å². The number of nitrogens with zero attached hydrogens (tertiary/aromatic N) is 2. The minimum absolute atomic E-state index is 0.759. The van der Waals surface area contributed by atoms with Gasteiger partial charge < -0.3 is 9.88 Å². The highest BCUT2D eigenvalue weighted by molar-refractivity contribution is 5.78. The van der Waals surface area contributed by atoms with Crippen LogP contribution >= 0.6 is 0 Å². The SMILES string of the molecule is CC(CNc1nc2ccccc2n1C)C1CC1. The van der Waals surface area contributed by atoms with Gasteiger partial charge >= 0.3 is 0 Å². The fourth-order valence-electron chi connectivity index (χ4n) is 2.39. The van der Waals surface area contributed by atoms with Gasteiger partial charge in [0.1, 0.15) is 0 Å². The molecule has 3 heteroatoms. The Morgan fingerprint density at radius 2 is 2.18 bits per heavy atom. The molecule has 0 radical (unpaired) electrons. The van der Waals surface area contributed by atoms with Crippen molar-refractivity contribution in [1.29, 1.82) is 0 Å². The second-order valence-electron chi connectivity index (χ2n) is 5.18. The highest BCUT2D eigenvalue weighted by Crippen LogP contribution is 2.36. The minimum Gasteiger partial charge on any atom is -0.355 e. The lowest BCUT2D eigenvalue weighted by molar-refractivity contribution is 0.534. The van der Waals surface area contributed by atoms with E-state index >= 15 is 0 Å².